The number of amides is 1. The van der Waals surface area contributed by atoms with Gasteiger partial charge in [0.1, 0.15) is 0 Å². The molecule has 3 aromatic rings. The Balaban J connectivity index is 1.81. The van der Waals surface area contributed by atoms with E-state index in [1.54, 1.807) is 21.7 Å². The van der Waals surface area contributed by atoms with Crippen LogP contribution in [0.2, 0.25) is 0 Å². The fraction of sp³-hybridized carbons (Fsp3) is 0.316. The lowest BCUT2D eigenvalue weighted by Gasteiger charge is -2.24. The minimum Gasteiger partial charge on any atom is -0.338 e. The van der Waals surface area contributed by atoms with Crippen molar-refractivity contribution in [2.75, 3.05) is 7.05 Å². The van der Waals surface area contributed by atoms with Crippen LogP contribution in [0.3, 0.4) is 0 Å². The quantitative estimate of drug-likeness (QED) is 0.702. The van der Waals surface area contributed by atoms with Crippen LogP contribution in [0, 0.1) is 13.8 Å². The molecule has 1 aromatic carbocycles. The van der Waals surface area contributed by atoms with Crippen LogP contribution in [0.5, 0.6) is 0 Å². The number of hydrogen-bond acceptors (Lipinski definition) is 4. The van der Waals surface area contributed by atoms with E-state index >= 15 is 0 Å². The molecule has 1 atom stereocenters. The van der Waals surface area contributed by atoms with Gasteiger partial charge < -0.3 is 4.90 Å². The molecule has 1 unspecified atom stereocenters. The monoisotopic (exact) mass is 354 g/mol. The molecular formula is C19H22N4OS. The molecule has 130 valence electrons. The number of carbonyl (C=O) groups is 1. The number of aromatic nitrogens is 3. The second-order valence-corrected chi connectivity index (χ2v) is 7.08. The fourth-order valence-corrected chi connectivity index (χ4v) is 3.59. The number of para-hydroxylation sites is 1. The van der Waals surface area contributed by atoms with Crippen LogP contribution in [0.25, 0.3) is 5.69 Å². The van der Waals surface area contributed by atoms with Gasteiger partial charge in [-0.05, 0) is 32.9 Å². The van der Waals surface area contributed by atoms with Gasteiger partial charge in [0.05, 0.1) is 29.4 Å². The van der Waals surface area contributed by atoms with Crippen LogP contribution in [-0.4, -0.2) is 32.6 Å². The van der Waals surface area contributed by atoms with Gasteiger partial charge in [0.15, 0.2) is 0 Å². The van der Waals surface area contributed by atoms with Gasteiger partial charge in [-0.15, -0.1) is 11.3 Å². The Kier molecular flexibility index (Phi) is 4.99. The Hall–Kier alpha value is -2.47. The van der Waals surface area contributed by atoms with Gasteiger partial charge in [-0.25, -0.2) is 4.68 Å². The van der Waals surface area contributed by atoms with Gasteiger partial charge in [0.2, 0.25) is 5.91 Å². The third-order valence-electron chi connectivity index (χ3n) is 4.61. The van der Waals surface area contributed by atoms with Crippen molar-refractivity contribution in [2.24, 2.45) is 0 Å². The Bertz CT molecular complexity index is 855. The molecule has 0 aliphatic rings. The summed E-state index contributed by atoms with van der Waals surface area (Å²) in [6, 6.07) is 10.0. The summed E-state index contributed by atoms with van der Waals surface area (Å²) in [6.45, 7) is 6.00. The summed E-state index contributed by atoms with van der Waals surface area (Å²) in [7, 11) is 1.85. The number of nitrogens with zero attached hydrogens (tertiary/aromatic N) is 4. The average molecular weight is 354 g/mol. The van der Waals surface area contributed by atoms with E-state index in [4.69, 9.17) is 0 Å². The van der Waals surface area contributed by atoms with Crippen molar-refractivity contribution in [3.63, 3.8) is 0 Å². The Morgan fingerprint density at radius 3 is 2.64 bits per heavy atom. The number of carbonyl (C=O) groups excluding carboxylic acids is 1. The summed E-state index contributed by atoms with van der Waals surface area (Å²) in [5, 5.41) is 4.63. The minimum atomic E-state index is 0.0183. The van der Waals surface area contributed by atoms with Gasteiger partial charge >= 0.3 is 0 Å². The van der Waals surface area contributed by atoms with E-state index in [-0.39, 0.29) is 11.9 Å². The largest absolute Gasteiger partial charge is 0.338 e. The van der Waals surface area contributed by atoms with Crippen molar-refractivity contribution in [1.82, 2.24) is 19.7 Å². The van der Waals surface area contributed by atoms with Crippen LogP contribution < -0.4 is 0 Å². The zero-order valence-electron chi connectivity index (χ0n) is 14.9. The Morgan fingerprint density at radius 1 is 1.28 bits per heavy atom. The molecule has 0 saturated carbocycles. The number of rotatable bonds is 5. The summed E-state index contributed by atoms with van der Waals surface area (Å²) in [6.07, 6.45) is 2.17. The SMILES string of the molecule is Cc1nn(-c2ccccc2)c(C)c1CC(=O)N(C)C(C)c1cncs1. The highest BCUT2D eigenvalue weighted by atomic mass is 32.1. The molecule has 2 aromatic heterocycles. The fourth-order valence-electron chi connectivity index (χ4n) is 2.87. The molecule has 0 radical (unpaired) electrons. The summed E-state index contributed by atoms with van der Waals surface area (Å²) in [5.74, 6) is 0.0831. The maximum Gasteiger partial charge on any atom is 0.227 e. The third-order valence-corrected chi connectivity index (χ3v) is 5.55. The highest BCUT2D eigenvalue weighted by Gasteiger charge is 2.22. The lowest BCUT2D eigenvalue weighted by atomic mass is 10.1. The standard InChI is InChI=1S/C19H22N4OS/c1-13-17(14(2)23(21-13)16-8-6-5-7-9-16)10-19(24)22(4)15(3)18-11-20-12-25-18/h5-9,11-12,15H,10H2,1-4H3. The van der Waals surface area contributed by atoms with Crippen molar-refractivity contribution >= 4 is 17.2 Å². The zero-order chi connectivity index (χ0) is 18.0. The van der Waals surface area contributed by atoms with Crippen LogP contribution in [0.4, 0.5) is 0 Å². The Labute approximate surface area is 151 Å². The lowest BCUT2D eigenvalue weighted by molar-refractivity contribution is -0.131. The predicted octanol–water partition coefficient (Wildman–Crippen LogP) is 3.71. The number of benzene rings is 1. The number of hydrogen-bond donors (Lipinski definition) is 0. The van der Waals surface area contributed by atoms with E-state index in [1.165, 1.54) is 0 Å². The predicted molar refractivity (Wildman–Crippen MR) is 100 cm³/mol. The van der Waals surface area contributed by atoms with Crippen molar-refractivity contribution < 1.29 is 4.79 Å². The highest BCUT2D eigenvalue weighted by molar-refractivity contribution is 7.09. The van der Waals surface area contributed by atoms with Crippen molar-refractivity contribution in [3.05, 3.63) is 63.9 Å². The highest BCUT2D eigenvalue weighted by Crippen LogP contribution is 2.24. The van der Waals surface area contributed by atoms with Gasteiger partial charge in [0.25, 0.3) is 0 Å². The van der Waals surface area contributed by atoms with Crippen molar-refractivity contribution in [2.45, 2.75) is 33.2 Å². The number of likely N-dealkylation sites (N-methyl/N-ethyl adjacent to an activating group) is 1. The maximum atomic E-state index is 12.8. The van der Waals surface area contributed by atoms with Crippen LogP contribution in [-0.2, 0) is 11.2 Å². The molecule has 0 aliphatic heterocycles. The lowest BCUT2D eigenvalue weighted by Crippen LogP contribution is -2.30. The van der Waals surface area contributed by atoms with Gasteiger partial charge in [-0.2, -0.15) is 5.10 Å². The molecule has 25 heavy (non-hydrogen) atoms. The van der Waals surface area contributed by atoms with E-state index < -0.39 is 0 Å². The van der Waals surface area contributed by atoms with Crippen LogP contribution in [0.15, 0.2) is 42.0 Å². The molecule has 0 fully saturated rings. The van der Waals surface area contributed by atoms with Crippen molar-refractivity contribution in [1.29, 1.82) is 0 Å². The van der Waals surface area contributed by atoms with Gasteiger partial charge in [-0.1, -0.05) is 18.2 Å². The molecule has 0 bridgehead atoms. The first-order valence-corrected chi connectivity index (χ1v) is 9.11. The molecule has 1 amide bonds. The van der Waals surface area contributed by atoms with Crippen molar-refractivity contribution in [3.8, 4) is 5.69 Å². The van der Waals surface area contributed by atoms with E-state index in [0.717, 1.165) is 27.5 Å². The molecule has 0 saturated heterocycles. The second kappa shape index (κ2) is 7.19. The van der Waals surface area contributed by atoms with Gasteiger partial charge in [-0.3, -0.25) is 9.78 Å². The second-order valence-electron chi connectivity index (χ2n) is 6.16. The summed E-state index contributed by atoms with van der Waals surface area (Å²) in [4.78, 5) is 19.7. The normalized spacial score (nSPS) is 12.2. The first-order chi connectivity index (χ1) is 12.0. The molecule has 6 heteroatoms. The summed E-state index contributed by atoms with van der Waals surface area (Å²) in [5.41, 5.74) is 5.71. The van der Waals surface area contributed by atoms with Crippen LogP contribution >= 0.6 is 11.3 Å². The smallest absolute Gasteiger partial charge is 0.227 e. The molecule has 0 spiro atoms. The summed E-state index contributed by atoms with van der Waals surface area (Å²) < 4.78 is 1.91. The topological polar surface area (TPSA) is 51.0 Å². The molecule has 0 aliphatic carbocycles. The molecule has 2 heterocycles. The molecular weight excluding hydrogens is 332 g/mol. The molecule has 5 nitrogen and oxygen atoms in total. The molecule has 0 N–H and O–H groups in total. The number of thiazole rings is 1. The van der Waals surface area contributed by atoms with E-state index in [1.807, 2.05) is 69.0 Å². The average Bonchev–Trinajstić information content (AvgIpc) is 3.25. The summed E-state index contributed by atoms with van der Waals surface area (Å²) >= 11 is 1.57. The molecule has 3 rings (SSSR count). The number of aryl methyl sites for hydroxylation is 1. The zero-order valence-corrected chi connectivity index (χ0v) is 15.7. The Morgan fingerprint density at radius 2 is 2.00 bits per heavy atom. The van der Waals surface area contributed by atoms with Gasteiger partial charge in [0, 0.05) is 29.4 Å². The first kappa shape index (κ1) is 17.4. The van der Waals surface area contributed by atoms with Crippen LogP contribution in [0.1, 0.15) is 34.8 Å². The first-order valence-electron chi connectivity index (χ1n) is 8.23. The third kappa shape index (κ3) is 3.49. The van der Waals surface area contributed by atoms with E-state index in [0.29, 0.717) is 6.42 Å². The maximum absolute atomic E-state index is 12.8. The van der Waals surface area contributed by atoms with E-state index in [2.05, 4.69) is 10.1 Å². The van der Waals surface area contributed by atoms with E-state index in [9.17, 15) is 4.79 Å². The minimum absolute atomic E-state index is 0.0183.